The van der Waals surface area contributed by atoms with Crippen molar-refractivity contribution in [3.63, 3.8) is 0 Å². The van der Waals surface area contributed by atoms with Gasteiger partial charge in [-0.15, -0.1) is 11.3 Å². The largest absolute Gasteiger partial charge is 0.206 e. The molecule has 0 atom stereocenters. The minimum Gasteiger partial charge on any atom is -0.206 e. The smallest absolute Gasteiger partial charge is 0.138 e. The molecule has 1 aromatic carbocycles. The summed E-state index contributed by atoms with van der Waals surface area (Å²) in [6.07, 6.45) is 0. The number of thiophene rings is 1. The van der Waals surface area contributed by atoms with E-state index in [1.165, 1.54) is 17.4 Å². The van der Waals surface area contributed by atoms with Crippen LogP contribution in [0.1, 0.15) is 0 Å². The summed E-state index contributed by atoms with van der Waals surface area (Å²) in [6.45, 7) is 0. The summed E-state index contributed by atoms with van der Waals surface area (Å²) in [5, 5.41) is 3.32. The maximum atomic E-state index is 13.1. The van der Waals surface area contributed by atoms with Crippen molar-refractivity contribution >= 4 is 55.6 Å². The molecule has 0 radical (unpaired) electrons. The van der Waals surface area contributed by atoms with Gasteiger partial charge in [-0.2, -0.15) is 0 Å². The van der Waals surface area contributed by atoms with Crippen LogP contribution >= 0.6 is 45.5 Å². The maximum absolute atomic E-state index is 13.1. The van der Waals surface area contributed by atoms with Crippen molar-refractivity contribution in [3.8, 4) is 0 Å². The predicted octanol–water partition coefficient (Wildman–Crippen LogP) is 4.30. The molecule has 4 heteroatoms. The van der Waals surface area contributed by atoms with Gasteiger partial charge in [-0.05, 0) is 40.1 Å². The Morgan fingerprint density at radius 3 is 3.00 bits per heavy atom. The molecule has 0 bridgehead atoms. The van der Waals surface area contributed by atoms with Crippen LogP contribution in [0.2, 0.25) is 5.02 Å². The summed E-state index contributed by atoms with van der Waals surface area (Å²) in [5.74, 6) is -0.244. The van der Waals surface area contributed by atoms with E-state index in [0.717, 1.165) is 10.1 Å². The molecule has 0 saturated heterocycles. The summed E-state index contributed by atoms with van der Waals surface area (Å²) in [5.41, 5.74) is 0. The van der Waals surface area contributed by atoms with Crippen LogP contribution in [0.25, 0.3) is 10.1 Å². The summed E-state index contributed by atoms with van der Waals surface area (Å²) in [4.78, 5) is 0. The van der Waals surface area contributed by atoms with Crippen LogP contribution in [-0.4, -0.2) is 0 Å². The molecule has 0 fully saturated rings. The molecule has 2 aromatic rings. The summed E-state index contributed by atoms with van der Waals surface area (Å²) >= 11 is 9.37. The molecular weight excluding hydrogens is 310 g/mol. The van der Waals surface area contributed by atoms with Crippen molar-refractivity contribution in [1.82, 2.24) is 0 Å². The third-order valence-corrected chi connectivity index (χ3v) is 4.04. The Kier molecular flexibility index (Phi) is 2.27. The second kappa shape index (κ2) is 3.12. The Morgan fingerprint density at radius 2 is 2.25 bits per heavy atom. The van der Waals surface area contributed by atoms with Gasteiger partial charge in [-0.25, -0.2) is 4.39 Å². The lowest BCUT2D eigenvalue weighted by Crippen LogP contribution is -1.81. The van der Waals surface area contributed by atoms with E-state index >= 15 is 0 Å². The van der Waals surface area contributed by atoms with Gasteiger partial charge in [-0.3, -0.25) is 0 Å². The van der Waals surface area contributed by atoms with Crippen molar-refractivity contribution < 1.29 is 4.39 Å². The van der Waals surface area contributed by atoms with Gasteiger partial charge in [0.25, 0.3) is 0 Å². The lowest BCUT2D eigenvalue weighted by Gasteiger charge is -1.98. The average Bonchev–Trinajstić information content (AvgIpc) is 2.48. The summed E-state index contributed by atoms with van der Waals surface area (Å²) in [7, 11) is 0. The Labute approximate surface area is 91.5 Å². The predicted molar refractivity (Wildman–Crippen MR) is 59.5 cm³/mol. The first-order valence-corrected chi connectivity index (χ1v) is 5.54. The molecule has 0 amide bonds. The average molecular weight is 313 g/mol. The van der Waals surface area contributed by atoms with E-state index in [2.05, 4.69) is 0 Å². The first kappa shape index (κ1) is 8.72. The first-order valence-electron chi connectivity index (χ1n) is 3.21. The van der Waals surface area contributed by atoms with Gasteiger partial charge in [0.15, 0.2) is 0 Å². The second-order valence-corrected chi connectivity index (χ2v) is 4.72. The molecule has 0 aliphatic carbocycles. The van der Waals surface area contributed by atoms with Crippen molar-refractivity contribution in [2.75, 3.05) is 0 Å². The van der Waals surface area contributed by atoms with Crippen LogP contribution in [0.3, 0.4) is 0 Å². The highest BCUT2D eigenvalue weighted by molar-refractivity contribution is 14.1. The highest BCUT2D eigenvalue weighted by Crippen LogP contribution is 2.33. The lowest BCUT2D eigenvalue weighted by atomic mass is 10.2. The molecule has 0 aliphatic heterocycles. The van der Waals surface area contributed by atoms with E-state index in [1.807, 2.05) is 34.0 Å². The van der Waals surface area contributed by atoms with E-state index in [-0.39, 0.29) is 5.82 Å². The first-order chi connectivity index (χ1) is 5.70. The maximum Gasteiger partial charge on any atom is 0.138 e. The van der Waals surface area contributed by atoms with Gasteiger partial charge >= 0.3 is 0 Å². The fourth-order valence-corrected chi connectivity index (χ4v) is 2.96. The van der Waals surface area contributed by atoms with Gasteiger partial charge in [0, 0.05) is 5.39 Å². The van der Waals surface area contributed by atoms with Crippen LogP contribution in [0.5, 0.6) is 0 Å². The highest BCUT2D eigenvalue weighted by Gasteiger charge is 2.09. The van der Waals surface area contributed by atoms with E-state index in [0.29, 0.717) is 8.59 Å². The Hall–Kier alpha value is 0.130. The van der Waals surface area contributed by atoms with Crippen LogP contribution in [0.4, 0.5) is 4.39 Å². The molecule has 0 N–H and O–H groups in total. The van der Waals surface area contributed by atoms with Gasteiger partial charge in [0.2, 0.25) is 0 Å². The molecule has 0 aliphatic rings. The fraction of sp³-hybridized carbons (Fsp3) is 0. The monoisotopic (exact) mass is 312 g/mol. The molecule has 0 nitrogen and oxygen atoms in total. The lowest BCUT2D eigenvalue weighted by molar-refractivity contribution is 0.623. The van der Waals surface area contributed by atoms with E-state index in [4.69, 9.17) is 11.6 Å². The van der Waals surface area contributed by atoms with Gasteiger partial charge in [-0.1, -0.05) is 11.6 Å². The normalized spacial score (nSPS) is 10.9. The van der Waals surface area contributed by atoms with Gasteiger partial charge < -0.3 is 0 Å². The number of fused-ring (bicyclic) bond motifs is 1. The zero-order valence-corrected chi connectivity index (χ0v) is 9.50. The standard InChI is InChI=1S/C8H3ClFIS/c9-5-3-6(10)7(11)4-1-2-12-8(4)5/h1-3H. The topological polar surface area (TPSA) is 0 Å². The molecular formula is C8H3ClFIS. The van der Waals surface area contributed by atoms with Gasteiger partial charge in [0.05, 0.1) is 13.3 Å². The van der Waals surface area contributed by atoms with Crippen LogP contribution in [0.15, 0.2) is 17.5 Å². The van der Waals surface area contributed by atoms with Crippen LogP contribution < -0.4 is 0 Å². The van der Waals surface area contributed by atoms with E-state index < -0.39 is 0 Å². The Balaban J connectivity index is 2.97. The highest BCUT2D eigenvalue weighted by atomic mass is 127. The molecule has 1 heterocycles. The number of hydrogen-bond acceptors (Lipinski definition) is 1. The van der Waals surface area contributed by atoms with Crippen LogP contribution in [0, 0.1) is 9.39 Å². The number of rotatable bonds is 0. The summed E-state index contributed by atoms with van der Waals surface area (Å²) < 4.78 is 14.7. The molecule has 1 aromatic heterocycles. The minimum absolute atomic E-state index is 0.244. The zero-order valence-electron chi connectivity index (χ0n) is 5.77. The van der Waals surface area contributed by atoms with Gasteiger partial charge in [0.1, 0.15) is 5.82 Å². The van der Waals surface area contributed by atoms with Crippen molar-refractivity contribution in [2.45, 2.75) is 0 Å². The van der Waals surface area contributed by atoms with E-state index in [1.54, 1.807) is 0 Å². The fourth-order valence-electron chi connectivity index (χ4n) is 1.04. The third kappa shape index (κ3) is 1.24. The third-order valence-electron chi connectivity index (χ3n) is 1.58. The SMILES string of the molecule is Fc1cc(Cl)c2sccc2c1I. The Bertz CT molecular complexity index is 438. The number of benzene rings is 1. The molecule has 12 heavy (non-hydrogen) atoms. The molecule has 62 valence electrons. The zero-order chi connectivity index (χ0) is 8.72. The van der Waals surface area contributed by atoms with Crippen molar-refractivity contribution in [3.05, 3.63) is 31.9 Å². The van der Waals surface area contributed by atoms with Crippen molar-refractivity contribution in [1.29, 1.82) is 0 Å². The Morgan fingerprint density at radius 1 is 1.50 bits per heavy atom. The summed E-state index contributed by atoms with van der Waals surface area (Å²) in [6, 6.07) is 3.25. The number of halogens is 3. The van der Waals surface area contributed by atoms with Crippen LogP contribution in [-0.2, 0) is 0 Å². The van der Waals surface area contributed by atoms with E-state index in [9.17, 15) is 4.39 Å². The molecule has 0 saturated carbocycles. The number of hydrogen-bond donors (Lipinski definition) is 0. The molecule has 0 spiro atoms. The quantitative estimate of drug-likeness (QED) is 0.502. The minimum atomic E-state index is -0.244. The second-order valence-electron chi connectivity index (χ2n) is 2.32. The van der Waals surface area contributed by atoms with Crippen molar-refractivity contribution in [2.24, 2.45) is 0 Å². The molecule has 0 unspecified atom stereocenters. The molecule has 2 rings (SSSR count).